The summed E-state index contributed by atoms with van der Waals surface area (Å²) in [4.78, 5) is 2.02. The molecule has 0 aromatic heterocycles. The maximum Gasteiger partial charge on any atom is 0.416 e. The van der Waals surface area contributed by atoms with Crippen LogP contribution >= 0.6 is 15.9 Å². The zero-order valence-corrected chi connectivity index (χ0v) is 14.0. The van der Waals surface area contributed by atoms with Gasteiger partial charge in [0.05, 0.1) is 5.56 Å². The summed E-state index contributed by atoms with van der Waals surface area (Å²) in [7, 11) is 1.91. The Morgan fingerprint density at radius 3 is 2.48 bits per heavy atom. The van der Waals surface area contributed by atoms with Crippen molar-refractivity contribution in [3.63, 3.8) is 0 Å². The Bertz CT molecular complexity index is 487. The van der Waals surface area contributed by atoms with E-state index < -0.39 is 11.7 Å². The number of rotatable bonds is 3. The van der Waals surface area contributed by atoms with Crippen LogP contribution in [0.3, 0.4) is 0 Å². The maximum atomic E-state index is 13.2. The van der Waals surface area contributed by atoms with Gasteiger partial charge in [-0.05, 0) is 36.5 Å². The molecule has 0 N–H and O–H groups in total. The van der Waals surface area contributed by atoms with Gasteiger partial charge in [0, 0.05) is 24.1 Å². The molecule has 1 aromatic rings. The van der Waals surface area contributed by atoms with Crippen molar-refractivity contribution in [1.82, 2.24) is 0 Å². The van der Waals surface area contributed by atoms with Gasteiger partial charge in [0.25, 0.3) is 0 Å². The molecule has 1 nitrogen and oxygen atoms in total. The fourth-order valence-electron chi connectivity index (χ4n) is 3.23. The molecule has 21 heavy (non-hydrogen) atoms. The van der Waals surface area contributed by atoms with Gasteiger partial charge in [-0.3, -0.25) is 0 Å². The van der Waals surface area contributed by atoms with Gasteiger partial charge < -0.3 is 4.90 Å². The lowest BCUT2D eigenvalue weighted by atomic mass is 9.85. The van der Waals surface area contributed by atoms with Crippen LogP contribution in [0.15, 0.2) is 18.2 Å². The first-order valence-corrected chi connectivity index (χ1v) is 8.45. The van der Waals surface area contributed by atoms with Crippen LogP contribution in [0.4, 0.5) is 18.9 Å². The molecule has 0 radical (unpaired) electrons. The van der Waals surface area contributed by atoms with E-state index in [4.69, 9.17) is 0 Å². The van der Waals surface area contributed by atoms with Gasteiger partial charge in [0.1, 0.15) is 0 Å². The molecule has 1 aliphatic carbocycles. The summed E-state index contributed by atoms with van der Waals surface area (Å²) >= 11 is 3.13. The Labute approximate surface area is 132 Å². The van der Waals surface area contributed by atoms with Crippen LogP contribution in [-0.4, -0.2) is 13.1 Å². The Balaban J connectivity index is 2.31. The summed E-state index contributed by atoms with van der Waals surface area (Å²) in [5, 5.41) is 0.214. The van der Waals surface area contributed by atoms with Crippen molar-refractivity contribution >= 4 is 21.6 Å². The highest BCUT2D eigenvalue weighted by molar-refractivity contribution is 9.08. The molecule has 0 spiro atoms. The van der Waals surface area contributed by atoms with Gasteiger partial charge in [-0.1, -0.05) is 41.8 Å². The van der Waals surface area contributed by atoms with Crippen LogP contribution in [0.1, 0.15) is 43.7 Å². The molecule has 2 unspecified atom stereocenters. The zero-order valence-electron chi connectivity index (χ0n) is 12.4. The van der Waals surface area contributed by atoms with E-state index in [-0.39, 0.29) is 10.9 Å². The Morgan fingerprint density at radius 2 is 1.90 bits per heavy atom. The summed E-state index contributed by atoms with van der Waals surface area (Å²) in [6, 6.07) is 5.00. The van der Waals surface area contributed by atoms with Crippen LogP contribution < -0.4 is 4.90 Å². The molecule has 0 saturated heterocycles. The smallest absolute Gasteiger partial charge is 0.371 e. The molecule has 0 bridgehead atoms. The Hall–Kier alpha value is -0.710. The predicted octanol–water partition coefficient (Wildman–Crippen LogP) is 5.62. The first-order chi connectivity index (χ1) is 9.84. The van der Waals surface area contributed by atoms with E-state index in [0.29, 0.717) is 17.6 Å². The van der Waals surface area contributed by atoms with E-state index in [1.54, 1.807) is 12.1 Å². The standard InChI is InChI=1S/C16H21BrF3N/c1-11-5-3-4-6-15(11)21(2)13-8-7-12(10-17)14(9-13)16(18,19)20/h7-9,11,15H,3-6,10H2,1-2H3. The fourth-order valence-corrected chi connectivity index (χ4v) is 3.72. The second-order valence-corrected chi connectivity index (χ2v) is 6.47. The molecule has 1 aromatic carbocycles. The number of alkyl halides is 4. The highest BCUT2D eigenvalue weighted by atomic mass is 79.9. The van der Waals surface area contributed by atoms with Crippen LogP contribution in [-0.2, 0) is 11.5 Å². The maximum absolute atomic E-state index is 13.2. The van der Waals surface area contributed by atoms with Crippen LogP contribution in [0.5, 0.6) is 0 Å². The van der Waals surface area contributed by atoms with E-state index in [9.17, 15) is 13.2 Å². The SMILES string of the molecule is CC1CCCCC1N(C)c1ccc(CBr)c(C(F)(F)F)c1. The molecule has 1 fully saturated rings. The summed E-state index contributed by atoms with van der Waals surface area (Å²) in [5.41, 5.74) is 0.411. The van der Waals surface area contributed by atoms with Gasteiger partial charge in [0.2, 0.25) is 0 Å². The number of halogens is 4. The quantitative estimate of drug-likeness (QED) is 0.630. The minimum absolute atomic E-state index is 0.214. The van der Waals surface area contributed by atoms with Crippen molar-refractivity contribution < 1.29 is 13.2 Å². The van der Waals surface area contributed by atoms with Crippen molar-refractivity contribution in [1.29, 1.82) is 0 Å². The number of hydrogen-bond donors (Lipinski definition) is 0. The molecule has 0 amide bonds. The van der Waals surface area contributed by atoms with Crippen molar-refractivity contribution in [3.8, 4) is 0 Å². The van der Waals surface area contributed by atoms with Gasteiger partial charge in [0.15, 0.2) is 0 Å². The minimum Gasteiger partial charge on any atom is -0.371 e. The third kappa shape index (κ3) is 3.74. The Morgan fingerprint density at radius 1 is 1.24 bits per heavy atom. The highest BCUT2D eigenvalue weighted by Gasteiger charge is 2.34. The van der Waals surface area contributed by atoms with Crippen molar-refractivity contribution in [2.24, 2.45) is 5.92 Å². The van der Waals surface area contributed by atoms with E-state index in [1.165, 1.54) is 12.5 Å². The van der Waals surface area contributed by atoms with Crippen LogP contribution in [0.2, 0.25) is 0 Å². The third-order valence-corrected chi connectivity index (χ3v) is 5.12. The van der Waals surface area contributed by atoms with E-state index in [0.717, 1.165) is 19.3 Å². The lowest BCUT2D eigenvalue weighted by molar-refractivity contribution is -0.138. The average Bonchev–Trinajstić information content (AvgIpc) is 2.45. The van der Waals surface area contributed by atoms with Crippen molar-refractivity contribution in [2.75, 3.05) is 11.9 Å². The summed E-state index contributed by atoms with van der Waals surface area (Å²) in [6.45, 7) is 2.19. The average molecular weight is 364 g/mol. The predicted molar refractivity (Wildman–Crippen MR) is 83.9 cm³/mol. The normalized spacial score (nSPS) is 23.1. The number of anilines is 1. The second kappa shape index (κ2) is 6.59. The first-order valence-electron chi connectivity index (χ1n) is 7.33. The number of hydrogen-bond acceptors (Lipinski definition) is 1. The highest BCUT2D eigenvalue weighted by Crippen LogP contribution is 2.37. The van der Waals surface area contributed by atoms with E-state index in [1.807, 2.05) is 11.9 Å². The lowest BCUT2D eigenvalue weighted by Gasteiger charge is -2.38. The van der Waals surface area contributed by atoms with Gasteiger partial charge in [-0.25, -0.2) is 0 Å². The van der Waals surface area contributed by atoms with Gasteiger partial charge >= 0.3 is 6.18 Å². The van der Waals surface area contributed by atoms with E-state index >= 15 is 0 Å². The molecular formula is C16H21BrF3N. The number of benzene rings is 1. The van der Waals surface area contributed by atoms with Crippen molar-refractivity contribution in [3.05, 3.63) is 29.3 Å². The number of nitrogens with zero attached hydrogens (tertiary/aromatic N) is 1. The van der Waals surface area contributed by atoms with E-state index in [2.05, 4.69) is 22.9 Å². The molecule has 0 heterocycles. The summed E-state index contributed by atoms with van der Waals surface area (Å²) < 4.78 is 39.5. The Kier molecular flexibility index (Phi) is 5.23. The monoisotopic (exact) mass is 363 g/mol. The van der Waals surface area contributed by atoms with Gasteiger partial charge in [-0.15, -0.1) is 0 Å². The van der Waals surface area contributed by atoms with Gasteiger partial charge in [-0.2, -0.15) is 13.2 Å². The minimum atomic E-state index is -4.31. The summed E-state index contributed by atoms with van der Waals surface area (Å²) in [5.74, 6) is 0.522. The topological polar surface area (TPSA) is 3.24 Å². The largest absolute Gasteiger partial charge is 0.416 e. The molecule has 2 rings (SSSR count). The fraction of sp³-hybridized carbons (Fsp3) is 0.625. The third-order valence-electron chi connectivity index (χ3n) is 4.51. The van der Waals surface area contributed by atoms with Crippen molar-refractivity contribution in [2.45, 2.75) is 50.2 Å². The summed E-state index contributed by atoms with van der Waals surface area (Å²) in [6.07, 6.45) is 0.282. The molecular weight excluding hydrogens is 343 g/mol. The molecule has 1 aliphatic rings. The molecule has 0 aliphatic heterocycles. The molecule has 5 heteroatoms. The zero-order chi connectivity index (χ0) is 15.6. The van der Waals surface area contributed by atoms with Crippen LogP contribution in [0, 0.1) is 5.92 Å². The molecule has 118 valence electrons. The molecule has 2 atom stereocenters. The van der Waals surface area contributed by atoms with Crippen LogP contribution in [0.25, 0.3) is 0 Å². The molecule has 1 saturated carbocycles. The first kappa shape index (κ1) is 16.7. The second-order valence-electron chi connectivity index (χ2n) is 5.91. The lowest BCUT2D eigenvalue weighted by Crippen LogP contribution is -2.39.